The van der Waals surface area contributed by atoms with E-state index in [4.69, 9.17) is 4.74 Å². The fraction of sp³-hybridized carbons (Fsp3) is 0.625. The van der Waals surface area contributed by atoms with Gasteiger partial charge in [0.15, 0.2) is 0 Å². The zero-order valence-corrected chi connectivity index (χ0v) is 11.5. The second kappa shape index (κ2) is 4.58. The molecule has 1 heterocycles. The number of hydrogen-bond donors (Lipinski definition) is 1. The summed E-state index contributed by atoms with van der Waals surface area (Å²) in [5.74, 6) is 1.08. The Balaban J connectivity index is 2.07. The molecule has 0 amide bonds. The van der Waals surface area contributed by atoms with Crippen molar-refractivity contribution in [3.05, 3.63) is 28.8 Å². The molecule has 1 atom stereocenters. The van der Waals surface area contributed by atoms with E-state index >= 15 is 0 Å². The molecular formula is C16H23NO. The van der Waals surface area contributed by atoms with Crippen molar-refractivity contribution in [2.24, 2.45) is 0 Å². The average Bonchev–Trinajstić information content (AvgIpc) is 2.85. The van der Waals surface area contributed by atoms with Crippen molar-refractivity contribution in [3.63, 3.8) is 0 Å². The summed E-state index contributed by atoms with van der Waals surface area (Å²) in [6.07, 6.45) is 7.59. The van der Waals surface area contributed by atoms with Crippen LogP contribution >= 0.6 is 0 Å². The Bertz CT molecular complexity index is 447. The number of nitrogens with one attached hydrogen (secondary N) is 1. The average molecular weight is 245 g/mol. The molecule has 1 aromatic carbocycles. The molecule has 0 saturated carbocycles. The predicted molar refractivity (Wildman–Crippen MR) is 74.2 cm³/mol. The molecule has 1 N–H and O–H groups in total. The van der Waals surface area contributed by atoms with Crippen molar-refractivity contribution < 1.29 is 4.74 Å². The summed E-state index contributed by atoms with van der Waals surface area (Å²) in [5, 5.41) is 3.65. The highest BCUT2D eigenvalue weighted by atomic mass is 16.5. The van der Waals surface area contributed by atoms with Crippen LogP contribution in [0, 0.1) is 0 Å². The maximum atomic E-state index is 5.65. The molecule has 98 valence electrons. The minimum absolute atomic E-state index is 0.109. The van der Waals surface area contributed by atoms with Crippen molar-refractivity contribution in [3.8, 4) is 5.75 Å². The quantitative estimate of drug-likeness (QED) is 0.864. The number of hydrogen-bond acceptors (Lipinski definition) is 2. The Labute approximate surface area is 110 Å². The van der Waals surface area contributed by atoms with Crippen LogP contribution < -0.4 is 10.1 Å². The number of ether oxygens (including phenoxy) is 1. The van der Waals surface area contributed by atoms with Crippen molar-refractivity contribution in [2.45, 2.75) is 51.0 Å². The van der Waals surface area contributed by atoms with E-state index in [1.54, 1.807) is 12.7 Å². The first-order valence-corrected chi connectivity index (χ1v) is 7.18. The molecule has 2 heteroatoms. The topological polar surface area (TPSA) is 21.3 Å². The van der Waals surface area contributed by atoms with Gasteiger partial charge in [-0.1, -0.05) is 0 Å². The lowest BCUT2D eigenvalue weighted by Crippen LogP contribution is -2.33. The van der Waals surface area contributed by atoms with E-state index in [1.165, 1.54) is 49.7 Å². The SMILES string of the molecule is COc1cc2c(cc1C1(C)CCCN1)CCCC2. The first-order valence-electron chi connectivity index (χ1n) is 7.18. The van der Waals surface area contributed by atoms with Crippen LogP contribution in [0.25, 0.3) is 0 Å². The molecular weight excluding hydrogens is 222 g/mol. The highest BCUT2D eigenvalue weighted by Crippen LogP contribution is 2.39. The maximum absolute atomic E-state index is 5.65. The van der Waals surface area contributed by atoms with Crippen LogP contribution in [0.1, 0.15) is 49.3 Å². The fourth-order valence-electron chi connectivity index (χ4n) is 3.49. The van der Waals surface area contributed by atoms with Gasteiger partial charge in [-0.15, -0.1) is 0 Å². The molecule has 3 rings (SSSR count). The van der Waals surface area contributed by atoms with E-state index in [0.717, 1.165) is 12.3 Å². The van der Waals surface area contributed by atoms with Crippen LogP contribution in [0.2, 0.25) is 0 Å². The largest absolute Gasteiger partial charge is 0.496 e. The van der Waals surface area contributed by atoms with Crippen molar-refractivity contribution in [1.29, 1.82) is 0 Å². The zero-order chi connectivity index (χ0) is 12.6. The molecule has 0 aromatic heterocycles. The van der Waals surface area contributed by atoms with E-state index < -0.39 is 0 Å². The zero-order valence-electron chi connectivity index (χ0n) is 11.5. The van der Waals surface area contributed by atoms with E-state index in [-0.39, 0.29) is 5.54 Å². The van der Waals surface area contributed by atoms with Crippen molar-refractivity contribution >= 4 is 0 Å². The summed E-state index contributed by atoms with van der Waals surface area (Å²) < 4.78 is 5.65. The Morgan fingerprint density at radius 3 is 2.44 bits per heavy atom. The van der Waals surface area contributed by atoms with Gasteiger partial charge < -0.3 is 10.1 Å². The molecule has 18 heavy (non-hydrogen) atoms. The smallest absolute Gasteiger partial charge is 0.124 e. The Morgan fingerprint density at radius 2 is 1.83 bits per heavy atom. The highest BCUT2D eigenvalue weighted by Gasteiger charge is 2.33. The van der Waals surface area contributed by atoms with Gasteiger partial charge in [-0.25, -0.2) is 0 Å². The van der Waals surface area contributed by atoms with Gasteiger partial charge in [-0.2, -0.15) is 0 Å². The summed E-state index contributed by atoms with van der Waals surface area (Å²) in [6.45, 7) is 3.43. The second-order valence-electron chi connectivity index (χ2n) is 5.89. The van der Waals surface area contributed by atoms with Gasteiger partial charge >= 0.3 is 0 Å². The van der Waals surface area contributed by atoms with Crippen molar-refractivity contribution in [1.82, 2.24) is 5.32 Å². The summed E-state index contributed by atoms with van der Waals surface area (Å²) >= 11 is 0. The molecule has 0 radical (unpaired) electrons. The van der Waals surface area contributed by atoms with Crippen LogP contribution in [0.4, 0.5) is 0 Å². The van der Waals surface area contributed by atoms with Gasteiger partial charge in [0, 0.05) is 11.1 Å². The molecule has 1 saturated heterocycles. The van der Waals surface area contributed by atoms with Gasteiger partial charge in [-0.05, 0) is 75.3 Å². The Kier molecular flexibility index (Phi) is 3.06. The summed E-state index contributed by atoms with van der Waals surface area (Å²) in [5.41, 5.74) is 4.52. The van der Waals surface area contributed by atoms with Gasteiger partial charge in [0.25, 0.3) is 0 Å². The van der Waals surface area contributed by atoms with Gasteiger partial charge in [0.2, 0.25) is 0 Å². The second-order valence-corrected chi connectivity index (χ2v) is 5.89. The summed E-state index contributed by atoms with van der Waals surface area (Å²) in [6, 6.07) is 4.70. The van der Waals surface area contributed by atoms with E-state index in [2.05, 4.69) is 24.4 Å². The van der Waals surface area contributed by atoms with E-state index in [9.17, 15) is 0 Å². The minimum Gasteiger partial charge on any atom is -0.496 e. The molecule has 1 fully saturated rings. The Hall–Kier alpha value is -1.02. The van der Waals surface area contributed by atoms with E-state index in [1.807, 2.05) is 0 Å². The van der Waals surface area contributed by atoms with Crippen molar-refractivity contribution in [2.75, 3.05) is 13.7 Å². The molecule has 1 aliphatic heterocycles. The summed E-state index contributed by atoms with van der Waals surface area (Å²) in [4.78, 5) is 0. The monoisotopic (exact) mass is 245 g/mol. The minimum atomic E-state index is 0.109. The van der Waals surface area contributed by atoms with Crippen LogP contribution in [-0.2, 0) is 18.4 Å². The van der Waals surface area contributed by atoms with Crippen LogP contribution in [0.3, 0.4) is 0 Å². The van der Waals surface area contributed by atoms with Gasteiger partial charge in [0.05, 0.1) is 7.11 Å². The molecule has 1 unspecified atom stereocenters. The third-order valence-corrected chi connectivity index (χ3v) is 4.63. The third-order valence-electron chi connectivity index (χ3n) is 4.63. The molecule has 2 aliphatic rings. The predicted octanol–water partition coefficient (Wildman–Crippen LogP) is 3.17. The molecule has 2 nitrogen and oxygen atoms in total. The first kappa shape index (κ1) is 12.0. The third kappa shape index (κ3) is 1.93. The Morgan fingerprint density at radius 1 is 1.11 bits per heavy atom. The molecule has 0 spiro atoms. The number of rotatable bonds is 2. The van der Waals surface area contributed by atoms with Gasteiger partial charge in [-0.3, -0.25) is 0 Å². The normalized spacial score (nSPS) is 27.0. The maximum Gasteiger partial charge on any atom is 0.124 e. The van der Waals surface area contributed by atoms with E-state index in [0.29, 0.717) is 0 Å². The molecule has 1 aliphatic carbocycles. The lowest BCUT2D eigenvalue weighted by molar-refractivity contribution is 0.369. The number of benzene rings is 1. The number of aryl methyl sites for hydroxylation is 2. The van der Waals surface area contributed by atoms with Crippen LogP contribution in [-0.4, -0.2) is 13.7 Å². The molecule has 0 bridgehead atoms. The first-order chi connectivity index (χ1) is 8.73. The molecule has 1 aromatic rings. The summed E-state index contributed by atoms with van der Waals surface area (Å²) in [7, 11) is 1.80. The van der Waals surface area contributed by atoms with Crippen LogP contribution in [0.15, 0.2) is 12.1 Å². The number of fused-ring (bicyclic) bond motifs is 1. The standard InChI is InChI=1S/C16H23NO/c1-16(8-5-9-17-16)14-10-12-6-3-4-7-13(12)11-15(14)18-2/h10-11,17H,3-9H2,1-2H3. The lowest BCUT2D eigenvalue weighted by atomic mass is 9.83. The van der Waals surface area contributed by atoms with Gasteiger partial charge in [0.1, 0.15) is 5.75 Å². The number of methoxy groups -OCH3 is 1. The lowest BCUT2D eigenvalue weighted by Gasteiger charge is -2.29. The fourth-order valence-corrected chi connectivity index (χ4v) is 3.49. The highest BCUT2D eigenvalue weighted by molar-refractivity contribution is 5.47. The van der Waals surface area contributed by atoms with Crippen LogP contribution in [0.5, 0.6) is 5.75 Å².